The van der Waals surface area contributed by atoms with Crippen molar-refractivity contribution in [2.75, 3.05) is 26.2 Å². The molecule has 1 aromatic carbocycles. The van der Waals surface area contributed by atoms with Gasteiger partial charge >= 0.3 is 6.61 Å². The number of hydrogen-bond acceptors (Lipinski definition) is 5. The monoisotopic (exact) mass is 451 g/mol. The number of carbonyl (C=O) groups excluding carboxylic acids is 2. The van der Waals surface area contributed by atoms with Crippen LogP contribution in [0.5, 0.6) is 5.75 Å². The fourth-order valence-corrected chi connectivity index (χ4v) is 4.47. The fraction of sp³-hybridized carbons (Fsp3) is 0.455. The highest BCUT2D eigenvalue weighted by atomic mass is 32.1. The van der Waals surface area contributed by atoms with E-state index in [-0.39, 0.29) is 29.8 Å². The minimum atomic E-state index is -3.04. The van der Waals surface area contributed by atoms with E-state index in [1.54, 1.807) is 17.4 Å². The lowest BCUT2D eigenvalue weighted by atomic mass is 9.97. The van der Waals surface area contributed by atoms with Crippen LogP contribution in [-0.4, -0.2) is 49.5 Å². The van der Waals surface area contributed by atoms with E-state index in [9.17, 15) is 18.4 Å². The number of rotatable bonds is 9. The summed E-state index contributed by atoms with van der Waals surface area (Å²) < 4.78 is 29.4. The van der Waals surface area contributed by atoms with Crippen LogP contribution in [0.15, 0.2) is 41.8 Å². The van der Waals surface area contributed by atoms with Crippen molar-refractivity contribution in [3.8, 4) is 5.75 Å². The van der Waals surface area contributed by atoms with Gasteiger partial charge in [0.15, 0.2) is 0 Å². The molecule has 0 radical (unpaired) electrons. The normalized spacial score (nSPS) is 16.1. The zero-order valence-electron chi connectivity index (χ0n) is 17.4. The van der Waals surface area contributed by atoms with Gasteiger partial charge in [-0.15, -0.1) is 11.3 Å². The molecule has 6 nitrogen and oxygen atoms in total. The molecule has 2 aromatic rings. The van der Waals surface area contributed by atoms with Crippen molar-refractivity contribution >= 4 is 23.2 Å². The second kappa shape index (κ2) is 11.2. The predicted molar refractivity (Wildman–Crippen MR) is 115 cm³/mol. The lowest BCUT2D eigenvalue weighted by Crippen LogP contribution is -2.44. The van der Waals surface area contributed by atoms with E-state index in [0.29, 0.717) is 12.5 Å². The number of likely N-dealkylation sites (tertiary alicyclic amines) is 1. The summed E-state index contributed by atoms with van der Waals surface area (Å²) in [7, 11) is 0. The van der Waals surface area contributed by atoms with Crippen molar-refractivity contribution < 1.29 is 23.1 Å². The second-order valence-electron chi connectivity index (χ2n) is 7.61. The van der Waals surface area contributed by atoms with Crippen LogP contribution in [0.3, 0.4) is 0 Å². The first-order valence-corrected chi connectivity index (χ1v) is 11.2. The third kappa shape index (κ3) is 6.73. The van der Waals surface area contributed by atoms with Gasteiger partial charge in [-0.2, -0.15) is 8.78 Å². The number of nitrogens with zero attached hydrogens (tertiary/aromatic N) is 1. The highest BCUT2D eigenvalue weighted by molar-refractivity contribution is 7.10. The van der Waals surface area contributed by atoms with Crippen molar-refractivity contribution in [3.05, 3.63) is 52.2 Å². The topological polar surface area (TPSA) is 70.7 Å². The van der Waals surface area contributed by atoms with Gasteiger partial charge in [-0.05, 0) is 55.4 Å². The van der Waals surface area contributed by atoms with E-state index < -0.39 is 12.5 Å². The molecule has 2 heterocycles. The number of halogens is 2. The first kappa shape index (κ1) is 23.1. The Balaban J connectivity index is 1.53. The van der Waals surface area contributed by atoms with Crippen molar-refractivity contribution in [2.24, 2.45) is 5.92 Å². The number of benzene rings is 1. The molecule has 1 atom stereocenters. The Bertz CT molecular complexity index is 855. The average Bonchev–Trinajstić information content (AvgIpc) is 3.28. The molecule has 1 unspecified atom stereocenters. The minimum Gasteiger partial charge on any atom is -0.434 e. The van der Waals surface area contributed by atoms with Crippen LogP contribution < -0.4 is 15.4 Å². The van der Waals surface area contributed by atoms with Crippen LogP contribution in [-0.2, 0) is 4.79 Å². The number of hydrogen-bond donors (Lipinski definition) is 2. The van der Waals surface area contributed by atoms with Gasteiger partial charge in [0.25, 0.3) is 5.91 Å². The van der Waals surface area contributed by atoms with E-state index in [1.807, 2.05) is 11.4 Å². The SMILES string of the molecule is CC1CCN(C(CNC(=O)CNC(=O)c2ccccc2OC(F)F)c2cccs2)CC1. The maximum absolute atomic E-state index is 12.5. The lowest BCUT2D eigenvalue weighted by molar-refractivity contribution is -0.120. The van der Waals surface area contributed by atoms with Gasteiger partial charge in [-0.1, -0.05) is 25.1 Å². The Hall–Kier alpha value is -2.52. The van der Waals surface area contributed by atoms with E-state index in [2.05, 4.69) is 33.3 Å². The highest BCUT2D eigenvalue weighted by Crippen LogP contribution is 2.29. The highest BCUT2D eigenvalue weighted by Gasteiger charge is 2.26. The number of nitrogens with one attached hydrogen (secondary N) is 2. The zero-order valence-corrected chi connectivity index (χ0v) is 18.2. The van der Waals surface area contributed by atoms with Gasteiger partial charge in [0.2, 0.25) is 5.91 Å². The Labute approximate surface area is 184 Å². The summed E-state index contributed by atoms with van der Waals surface area (Å²) in [6.45, 7) is 1.37. The number of amides is 2. The number of ether oxygens (including phenoxy) is 1. The standard InChI is InChI=1S/C22H27F2N3O3S/c1-15-8-10-27(11-9-15)17(19-7-4-12-31-19)13-25-20(28)14-26-21(29)16-5-2-3-6-18(16)30-22(23)24/h2-7,12,15,17,22H,8-11,13-14H2,1H3,(H,25,28)(H,26,29). The molecule has 1 aliphatic rings. The molecule has 168 valence electrons. The molecule has 0 aliphatic carbocycles. The number of piperidine rings is 1. The summed E-state index contributed by atoms with van der Waals surface area (Å²) >= 11 is 1.66. The molecule has 1 saturated heterocycles. The number of para-hydroxylation sites is 1. The summed E-state index contributed by atoms with van der Waals surface area (Å²) in [5.74, 6) is -0.506. The molecule has 1 aliphatic heterocycles. The fourth-order valence-electron chi connectivity index (χ4n) is 3.61. The first-order valence-electron chi connectivity index (χ1n) is 10.3. The predicted octanol–water partition coefficient (Wildman–Crippen LogP) is 3.67. The lowest BCUT2D eigenvalue weighted by Gasteiger charge is -2.36. The molecule has 0 bridgehead atoms. The molecule has 31 heavy (non-hydrogen) atoms. The molecule has 3 rings (SSSR count). The summed E-state index contributed by atoms with van der Waals surface area (Å²) in [4.78, 5) is 28.3. The van der Waals surface area contributed by atoms with Crippen LogP contribution in [0, 0.1) is 5.92 Å². The first-order chi connectivity index (χ1) is 14.9. The third-order valence-corrected chi connectivity index (χ3v) is 6.35. The summed E-state index contributed by atoms with van der Waals surface area (Å²) in [6, 6.07) is 9.85. The molecular formula is C22H27F2N3O3S. The number of carbonyl (C=O) groups is 2. The molecule has 2 amide bonds. The van der Waals surface area contributed by atoms with E-state index in [4.69, 9.17) is 0 Å². The van der Waals surface area contributed by atoms with Crippen LogP contribution >= 0.6 is 11.3 Å². The maximum Gasteiger partial charge on any atom is 0.387 e. The summed E-state index contributed by atoms with van der Waals surface area (Å²) in [6.07, 6.45) is 2.26. The Morgan fingerprint density at radius 1 is 1.16 bits per heavy atom. The van der Waals surface area contributed by atoms with E-state index in [0.717, 1.165) is 25.9 Å². The van der Waals surface area contributed by atoms with Crippen LogP contribution in [0.2, 0.25) is 0 Å². The van der Waals surface area contributed by atoms with Crippen LogP contribution in [0.25, 0.3) is 0 Å². The van der Waals surface area contributed by atoms with Crippen molar-refractivity contribution in [2.45, 2.75) is 32.4 Å². The van der Waals surface area contributed by atoms with Crippen molar-refractivity contribution in [1.29, 1.82) is 0 Å². The second-order valence-corrected chi connectivity index (χ2v) is 8.59. The maximum atomic E-state index is 12.5. The molecule has 2 N–H and O–H groups in total. The third-order valence-electron chi connectivity index (χ3n) is 5.38. The van der Waals surface area contributed by atoms with Crippen molar-refractivity contribution in [1.82, 2.24) is 15.5 Å². The quantitative estimate of drug-likeness (QED) is 0.610. The molecular weight excluding hydrogens is 424 g/mol. The van der Waals surface area contributed by atoms with E-state index >= 15 is 0 Å². The van der Waals surface area contributed by atoms with Gasteiger partial charge in [-0.25, -0.2) is 0 Å². The average molecular weight is 452 g/mol. The van der Waals surface area contributed by atoms with E-state index in [1.165, 1.54) is 23.1 Å². The van der Waals surface area contributed by atoms with Crippen LogP contribution in [0.1, 0.15) is 41.0 Å². The summed E-state index contributed by atoms with van der Waals surface area (Å²) in [5, 5.41) is 7.39. The zero-order chi connectivity index (χ0) is 22.2. The van der Waals surface area contributed by atoms with Gasteiger partial charge < -0.3 is 15.4 Å². The molecule has 0 spiro atoms. The Morgan fingerprint density at radius 3 is 2.58 bits per heavy atom. The molecule has 0 saturated carbocycles. The molecule has 1 fully saturated rings. The Kier molecular flexibility index (Phi) is 8.36. The summed E-state index contributed by atoms with van der Waals surface area (Å²) in [5.41, 5.74) is -0.0468. The number of alkyl halides is 2. The minimum absolute atomic E-state index is 0.0468. The van der Waals surface area contributed by atoms with Crippen molar-refractivity contribution in [3.63, 3.8) is 0 Å². The molecule has 9 heteroatoms. The van der Waals surface area contributed by atoms with Gasteiger partial charge in [0.05, 0.1) is 18.2 Å². The number of thiophene rings is 1. The van der Waals surface area contributed by atoms with Gasteiger partial charge in [0.1, 0.15) is 5.75 Å². The van der Waals surface area contributed by atoms with Crippen LogP contribution in [0.4, 0.5) is 8.78 Å². The Morgan fingerprint density at radius 2 is 1.90 bits per heavy atom. The molecule has 1 aromatic heterocycles. The smallest absolute Gasteiger partial charge is 0.387 e. The largest absolute Gasteiger partial charge is 0.434 e. The van der Waals surface area contributed by atoms with Gasteiger partial charge in [-0.3, -0.25) is 14.5 Å². The van der Waals surface area contributed by atoms with Gasteiger partial charge in [0, 0.05) is 11.4 Å².